The number of hydrogen-bond acceptors (Lipinski definition) is 4. The van der Waals surface area contributed by atoms with Crippen LogP contribution >= 0.6 is 0 Å². The van der Waals surface area contributed by atoms with Crippen LogP contribution in [0.4, 0.5) is 14.5 Å². The van der Waals surface area contributed by atoms with Gasteiger partial charge >= 0.3 is 5.97 Å². The van der Waals surface area contributed by atoms with E-state index in [1.807, 2.05) is 6.92 Å². The number of anilines is 1. The summed E-state index contributed by atoms with van der Waals surface area (Å²) in [4.78, 5) is 11.8. The number of carbonyl (C=O) groups excluding carboxylic acids is 1. The smallest absolute Gasteiger partial charge is 0.331 e. The van der Waals surface area contributed by atoms with Crippen molar-refractivity contribution >= 4 is 11.7 Å². The molecule has 1 atom stereocenters. The fraction of sp³-hybridized carbons (Fsp3) is 0.429. The largest absolute Gasteiger partial charge is 0.467 e. The summed E-state index contributed by atoms with van der Waals surface area (Å²) in [6.07, 6.45) is 0.969. The van der Waals surface area contributed by atoms with Gasteiger partial charge in [-0.1, -0.05) is 13.3 Å². The average molecular weight is 282 g/mol. The lowest BCUT2D eigenvalue weighted by Crippen LogP contribution is -2.44. The fourth-order valence-corrected chi connectivity index (χ4v) is 1.97. The molecule has 0 radical (unpaired) electrons. The van der Waals surface area contributed by atoms with E-state index >= 15 is 0 Å². The number of nitrogens with zero attached hydrogens (tertiary/aromatic N) is 1. The number of nitrogens with one attached hydrogen (secondary N) is 1. The van der Waals surface area contributed by atoms with Crippen LogP contribution in [0.25, 0.3) is 0 Å². The lowest BCUT2D eigenvalue weighted by atomic mass is 9.95. The standard InChI is InChI=1S/C14H16F2N2O2/c1-4-5-14(2,13(19)20-3)18-12-10(15)6-9(8-17)7-11(12)16/h6-7,18H,4-5H2,1-3H3. The summed E-state index contributed by atoms with van der Waals surface area (Å²) in [6, 6.07) is 3.48. The highest BCUT2D eigenvalue weighted by molar-refractivity contribution is 5.84. The summed E-state index contributed by atoms with van der Waals surface area (Å²) in [7, 11) is 1.21. The Morgan fingerprint density at radius 1 is 1.45 bits per heavy atom. The van der Waals surface area contributed by atoms with E-state index in [2.05, 4.69) is 10.1 Å². The molecule has 4 nitrogen and oxygen atoms in total. The molecule has 0 fully saturated rings. The summed E-state index contributed by atoms with van der Waals surface area (Å²) < 4.78 is 32.3. The second kappa shape index (κ2) is 6.33. The molecule has 0 aliphatic rings. The van der Waals surface area contributed by atoms with Gasteiger partial charge in [0, 0.05) is 0 Å². The first-order chi connectivity index (χ1) is 9.37. The highest BCUT2D eigenvalue weighted by Gasteiger charge is 2.35. The minimum Gasteiger partial charge on any atom is -0.467 e. The minimum atomic E-state index is -1.24. The molecular weight excluding hydrogens is 266 g/mol. The van der Waals surface area contributed by atoms with Gasteiger partial charge < -0.3 is 10.1 Å². The van der Waals surface area contributed by atoms with Crippen LogP contribution in [0.5, 0.6) is 0 Å². The second-order valence-electron chi connectivity index (χ2n) is 4.63. The van der Waals surface area contributed by atoms with Gasteiger partial charge in [-0.05, 0) is 25.5 Å². The molecular formula is C14H16F2N2O2. The molecule has 108 valence electrons. The van der Waals surface area contributed by atoms with Crippen LogP contribution in [0.3, 0.4) is 0 Å². The van der Waals surface area contributed by atoms with Gasteiger partial charge in [-0.3, -0.25) is 0 Å². The lowest BCUT2D eigenvalue weighted by molar-refractivity contribution is -0.145. The van der Waals surface area contributed by atoms with E-state index in [1.165, 1.54) is 14.0 Å². The van der Waals surface area contributed by atoms with Crippen molar-refractivity contribution in [2.45, 2.75) is 32.2 Å². The molecule has 0 aliphatic heterocycles. The number of ether oxygens (including phenoxy) is 1. The zero-order valence-corrected chi connectivity index (χ0v) is 11.6. The van der Waals surface area contributed by atoms with Crippen LogP contribution in [0.1, 0.15) is 32.3 Å². The highest BCUT2D eigenvalue weighted by Crippen LogP contribution is 2.27. The topological polar surface area (TPSA) is 62.1 Å². The SMILES string of the molecule is CCCC(C)(Nc1c(F)cc(C#N)cc1F)C(=O)OC. The number of carbonyl (C=O) groups is 1. The van der Waals surface area contributed by atoms with Crippen molar-refractivity contribution in [2.24, 2.45) is 0 Å². The highest BCUT2D eigenvalue weighted by atomic mass is 19.1. The average Bonchev–Trinajstić information content (AvgIpc) is 2.41. The summed E-state index contributed by atoms with van der Waals surface area (Å²) in [5.74, 6) is -2.46. The molecule has 0 amide bonds. The predicted molar refractivity (Wildman–Crippen MR) is 70.0 cm³/mol. The fourth-order valence-electron chi connectivity index (χ4n) is 1.97. The number of rotatable bonds is 5. The molecule has 0 spiro atoms. The third kappa shape index (κ3) is 3.23. The summed E-state index contributed by atoms with van der Waals surface area (Å²) in [6.45, 7) is 3.35. The number of hydrogen-bond donors (Lipinski definition) is 1. The molecule has 0 aliphatic carbocycles. The molecule has 0 bridgehead atoms. The third-order valence-electron chi connectivity index (χ3n) is 2.96. The molecule has 0 aromatic heterocycles. The molecule has 1 aromatic carbocycles. The third-order valence-corrected chi connectivity index (χ3v) is 2.96. The van der Waals surface area contributed by atoms with Gasteiger partial charge in [0.1, 0.15) is 11.2 Å². The van der Waals surface area contributed by atoms with Gasteiger partial charge in [0.05, 0.1) is 18.7 Å². The van der Waals surface area contributed by atoms with E-state index < -0.39 is 28.8 Å². The Hall–Kier alpha value is -2.16. The monoisotopic (exact) mass is 282 g/mol. The van der Waals surface area contributed by atoms with Crippen molar-refractivity contribution < 1.29 is 18.3 Å². The van der Waals surface area contributed by atoms with Gasteiger partial charge in [-0.25, -0.2) is 13.6 Å². The van der Waals surface area contributed by atoms with Crippen molar-refractivity contribution in [1.82, 2.24) is 0 Å². The van der Waals surface area contributed by atoms with Crippen molar-refractivity contribution in [3.63, 3.8) is 0 Å². The Morgan fingerprint density at radius 3 is 2.40 bits per heavy atom. The van der Waals surface area contributed by atoms with E-state index in [0.717, 1.165) is 12.1 Å². The Labute approximate surface area is 116 Å². The molecule has 1 aromatic rings. The van der Waals surface area contributed by atoms with Crippen molar-refractivity contribution in [3.8, 4) is 6.07 Å². The molecule has 6 heteroatoms. The number of benzene rings is 1. The lowest BCUT2D eigenvalue weighted by Gasteiger charge is -2.29. The van der Waals surface area contributed by atoms with Crippen LogP contribution in [0.2, 0.25) is 0 Å². The number of methoxy groups -OCH3 is 1. The quantitative estimate of drug-likeness (QED) is 0.843. The molecule has 1 N–H and O–H groups in total. The van der Waals surface area contributed by atoms with Crippen molar-refractivity contribution in [2.75, 3.05) is 12.4 Å². The second-order valence-corrected chi connectivity index (χ2v) is 4.63. The normalized spacial score (nSPS) is 13.2. The predicted octanol–water partition coefficient (Wildman–Crippen LogP) is 2.98. The number of nitriles is 1. The molecule has 0 saturated heterocycles. The van der Waals surface area contributed by atoms with Crippen LogP contribution < -0.4 is 5.32 Å². The van der Waals surface area contributed by atoms with E-state index in [0.29, 0.717) is 12.8 Å². The Morgan fingerprint density at radius 2 is 2.00 bits per heavy atom. The maximum Gasteiger partial charge on any atom is 0.331 e. The minimum absolute atomic E-state index is 0.124. The van der Waals surface area contributed by atoms with Crippen LogP contribution in [-0.4, -0.2) is 18.6 Å². The summed E-state index contributed by atoms with van der Waals surface area (Å²) >= 11 is 0. The maximum atomic E-state index is 13.8. The van der Waals surface area contributed by atoms with Crippen molar-refractivity contribution in [3.05, 3.63) is 29.3 Å². The molecule has 1 rings (SSSR count). The first kappa shape index (κ1) is 15.9. The molecule has 0 heterocycles. The molecule has 1 unspecified atom stereocenters. The first-order valence-electron chi connectivity index (χ1n) is 6.13. The Kier molecular flexibility index (Phi) is 5.03. The zero-order valence-electron chi connectivity index (χ0n) is 11.6. The van der Waals surface area contributed by atoms with E-state index in [9.17, 15) is 13.6 Å². The van der Waals surface area contributed by atoms with Gasteiger partial charge in [0.25, 0.3) is 0 Å². The van der Waals surface area contributed by atoms with Crippen molar-refractivity contribution in [1.29, 1.82) is 5.26 Å². The maximum absolute atomic E-state index is 13.8. The van der Waals surface area contributed by atoms with Crippen LogP contribution in [-0.2, 0) is 9.53 Å². The Balaban J connectivity index is 3.19. The first-order valence-corrected chi connectivity index (χ1v) is 6.13. The van der Waals surface area contributed by atoms with Gasteiger partial charge in [-0.2, -0.15) is 5.26 Å². The van der Waals surface area contributed by atoms with Gasteiger partial charge in [0.2, 0.25) is 0 Å². The number of halogens is 2. The van der Waals surface area contributed by atoms with Gasteiger partial charge in [-0.15, -0.1) is 0 Å². The van der Waals surface area contributed by atoms with Crippen LogP contribution in [0, 0.1) is 23.0 Å². The zero-order chi connectivity index (χ0) is 15.3. The van der Waals surface area contributed by atoms with Crippen LogP contribution in [0.15, 0.2) is 12.1 Å². The number of esters is 1. The van der Waals surface area contributed by atoms with E-state index in [-0.39, 0.29) is 5.56 Å². The summed E-state index contributed by atoms with van der Waals surface area (Å²) in [5, 5.41) is 11.2. The summed E-state index contributed by atoms with van der Waals surface area (Å²) in [5.41, 5.74) is -1.80. The molecule has 20 heavy (non-hydrogen) atoms. The molecule has 0 saturated carbocycles. The van der Waals surface area contributed by atoms with E-state index in [4.69, 9.17) is 5.26 Å². The van der Waals surface area contributed by atoms with E-state index in [1.54, 1.807) is 6.07 Å². The Bertz CT molecular complexity index is 532. The van der Waals surface area contributed by atoms with Gasteiger partial charge in [0.15, 0.2) is 11.6 Å².